The average Bonchev–Trinajstić information content (AvgIpc) is 2.56. The highest BCUT2D eigenvalue weighted by Gasteiger charge is 2.14. The first-order valence-corrected chi connectivity index (χ1v) is 8.41. The molecule has 0 heterocycles. The van der Waals surface area contributed by atoms with Crippen LogP contribution in [0.15, 0.2) is 54.6 Å². The molecule has 0 radical (unpaired) electrons. The molecule has 4 heteroatoms. The van der Waals surface area contributed by atoms with E-state index in [4.69, 9.17) is 5.73 Å². The number of hydrogen-bond acceptors (Lipinski definition) is 3. The first-order valence-electron chi connectivity index (χ1n) is 8.41. The number of nitrogens with one attached hydrogen (secondary N) is 1. The van der Waals surface area contributed by atoms with E-state index >= 15 is 0 Å². The predicted molar refractivity (Wildman–Crippen MR) is 98.5 cm³/mol. The van der Waals surface area contributed by atoms with E-state index in [2.05, 4.69) is 41.4 Å². The van der Waals surface area contributed by atoms with Gasteiger partial charge in [-0.3, -0.25) is 9.69 Å². The summed E-state index contributed by atoms with van der Waals surface area (Å²) in [6, 6.07) is 18.3. The lowest BCUT2D eigenvalue weighted by molar-refractivity contribution is -0.123. The van der Waals surface area contributed by atoms with Crippen molar-refractivity contribution >= 4 is 5.91 Å². The number of amides is 1. The molecule has 128 valence electrons. The number of rotatable bonds is 8. The number of aryl methyl sites for hydroxylation is 1. The van der Waals surface area contributed by atoms with Gasteiger partial charge in [0.25, 0.3) is 0 Å². The van der Waals surface area contributed by atoms with E-state index < -0.39 is 0 Å². The Morgan fingerprint density at radius 3 is 2.46 bits per heavy atom. The van der Waals surface area contributed by atoms with Crippen molar-refractivity contribution in [2.24, 2.45) is 5.73 Å². The molecule has 24 heavy (non-hydrogen) atoms. The van der Waals surface area contributed by atoms with Crippen molar-refractivity contribution in [3.63, 3.8) is 0 Å². The number of benzene rings is 2. The molecule has 0 saturated carbocycles. The SMILES string of the molecule is Cc1ccccc1C(C)NC(=O)CN(CCN)Cc1ccccc1. The minimum atomic E-state index is -0.00449. The summed E-state index contributed by atoms with van der Waals surface area (Å²) in [5.41, 5.74) is 9.22. The summed E-state index contributed by atoms with van der Waals surface area (Å²) >= 11 is 0. The standard InChI is InChI=1S/C20H27N3O/c1-16-8-6-7-11-19(16)17(2)22-20(24)15-23(13-12-21)14-18-9-4-3-5-10-18/h3-11,17H,12-15,21H2,1-2H3,(H,22,24). The van der Waals surface area contributed by atoms with E-state index in [1.165, 1.54) is 11.1 Å². The van der Waals surface area contributed by atoms with Crippen LogP contribution in [0.2, 0.25) is 0 Å². The van der Waals surface area contributed by atoms with Gasteiger partial charge in [-0.25, -0.2) is 0 Å². The van der Waals surface area contributed by atoms with Gasteiger partial charge in [-0.1, -0.05) is 54.6 Å². The van der Waals surface area contributed by atoms with E-state index in [9.17, 15) is 4.79 Å². The van der Waals surface area contributed by atoms with E-state index in [-0.39, 0.29) is 11.9 Å². The van der Waals surface area contributed by atoms with E-state index in [1.54, 1.807) is 0 Å². The van der Waals surface area contributed by atoms with Gasteiger partial charge in [0.15, 0.2) is 0 Å². The highest BCUT2D eigenvalue weighted by Crippen LogP contribution is 2.16. The van der Waals surface area contributed by atoms with Crippen molar-refractivity contribution in [2.75, 3.05) is 19.6 Å². The van der Waals surface area contributed by atoms with Gasteiger partial charge in [0.2, 0.25) is 5.91 Å². The van der Waals surface area contributed by atoms with Crippen molar-refractivity contribution in [2.45, 2.75) is 26.4 Å². The Labute approximate surface area is 144 Å². The number of carbonyl (C=O) groups excluding carboxylic acids is 1. The molecular formula is C20H27N3O. The molecule has 1 amide bonds. The molecule has 0 saturated heterocycles. The van der Waals surface area contributed by atoms with E-state index in [0.29, 0.717) is 19.6 Å². The first-order chi connectivity index (χ1) is 11.6. The number of hydrogen-bond donors (Lipinski definition) is 2. The molecule has 2 rings (SSSR count). The van der Waals surface area contributed by atoms with Crippen LogP contribution in [0.25, 0.3) is 0 Å². The zero-order chi connectivity index (χ0) is 17.4. The van der Waals surface area contributed by atoms with Gasteiger partial charge in [-0.05, 0) is 30.5 Å². The fourth-order valence-electron chi connectivity index (χ4n) is 2.88. The van der Waals surface area contributed by atoms with Gasteiger partial charge < -0.3 is 11.1 Å². The first kappa shape index (κ1) is 18.2. The van der Waals surface area contributed by atoms with Crippen LogP contribution in [-0.2, 0) is 11.3 Å². The zero-order valence-corrected chi connectivity index (χ0v) is 14.5. The molecule has 0 spiro atoms. The van der Waals surface area contributed by atoms with Crippen molar-refractivity contribution in [1.29, 1.82) is 0 Å². The lowest BCUT2D eigenvalue weighted by Crippen LogP contribution is -2.40. The summed E-state index contributed by atoms with van der Waals surface area (Å²) in [4.78, 5) is 14.5. The van der Waals surface area contributed by atoms with Crippen LogP contribution in [0, 0.1) is 6.92 Å². The number of carbonyl (C=O) groups is 1. The monoisotopic (exact) mass is 325 g/mol. The van der Waals surface area contributed by atoms with Crippen LogP contribution in [0.4, 0.5) is 0 Å². The van der Waals surface area contributed by atoms with Crippen molar-refractivity contribution in [1.82, 2.24) is 10.2 Å². The zero-order valence-electron chi connectivity index (χ0n) is 14.5. The maximum absolute atomic E-state index is 12.4. The summed E-state index contributed by atoms with van der Waals surface area (Å²) in [6.07, 6.45) is 0. The van der Waals surface area contributed by atoms with Gasteiger partial charge in [0.1, 0.15) is 0 Å². The molecule has 3 N–H and O–H groups in total. The minimum Gasteiger partial charge on any atom is -0.348 e. The van der Waals surface area contributed by atoms with Gasteiger partial charge in [0, 0.05) is 19.6 Å². The molecule has 0 aromatic heterocycles. The minimum absolute atomic E-state index is 0.00449. The Bertz CT molecular complexity index is 642. The highest BCUT2D eigenvalue weighted by atomic mass is 16.2. The van der Waals surface area contributed by atoms with E-state index in [0.717, 1.165) is 12.1 Å². The van der Waals surface area contributed by atoms with Gasteiger partial charge in [-0.2, -0.15) is 0 Å². The third-order valence-corrected chi connectivity index (χ3v) is 4.09. The average molecular weight is 325 g/mol. The Morgan fingerprint density at radius 1 is 1.12 bits per heavy atom. The maximum atomic E-state index is 12.4. The molecule has 0 aliphatic carbocycles. The second-order valence-corrected chi connectivity index (χ2v) is 6.13. The lowest BCUT2D eigenvalue weighted by atomic mass is 10.0. The quantitative estimate of drug-likeness (QED) is 0.784. The fourth-order valence-corrected chi connectivity index (χ4v) is 2.88. The van der Waals surface area contributed by atoms with Crippen LogP contribution in [0.5, 0.6) is 0 Å². The Morgan fingerprint density at radius 2 is 1.79 bits per heavy atom. The molecule has 2 aromatic rings. The molecule has 2 aromatic carbocycles. The summed E-state index contributed by atoms with van der Waals surface area (Å²) in [5, 5.41) is 3.09. The largest absolute Gasteiger partial charge is 0.348 e. The van der Waals surface area contributed by atoms with E-state index in [1.807, 2.05) is 37.3 Å². The molecule has 1 unspecified atom stereocenters. The maximum Gasteiger partial charge on any atom is 0.234 e. The normalized spacial score (nSPS) is 12.2. The van der Waals surface area contributed by atoms with Crippen LogP contribution in [-0.4, -0.2) is 30.4 Å². The fraction of sp³-hybridized carbons (Fsp3) is 0.350. The number of nitrogens with zero attached hydrogens (tertiary/aromatic N) is 1. The third-order valence-electron chi connectivity index (χ3n) is 4.09. The molecule has 0 aliphatic heterocycles. The van der Waals surface area contributed by atoms with Crippen molar-refractivity contribution in [3.8, 4) is 0 Å². The molecule has 0 fully saturated rings. The van der Waals surface area contributed by atoms with Gasteiger partial charge in [-0.15, -0.1) is 0 Å². The third kappa shape index (κ3) is 5.48. The second kappa shape index (κ2) is 9.21. The van der Waals surface area contributed by atoms with Crippen LogP contribution in [0.1, 0.15) is 29.7 Å². The van der Waals surface area contributed by atoms with Crippen molar-refractivity contribution < 1.29 is 4.79 Å². The molecule has 1 atom stereocenters. The summed E-state index contributed by atoms with van der Waals surface area (Å²) in [5.74, 6) is 0.0233. The molecule has 4 nitrogen and oxygen atoms in total. The van der Waals surface area contributed by atoms with Crippen LogP contribution < -0.4 is 11.1 Å². The predicted octanol–water partition coefficient (Wildman–Crippen LogP) is 2.63. The van der Waals surface area contributed by atoms with Gasteiger partial charge >= 0.3 is 0 Å². The summed E-state index contributed by atoms with van der Waals surface area (Å²) < 4.78 is 0. The molecule has 0 bridgehead atoms. The number of nitrogens with two attached hydrogens (primary N) is 1. The van der Waals surface area contributed by atoms with Crippen LogP contribution in [0.3, 0.4) is 0 Å². The smallest absolute Gasteiger partial charge is 0.234 e. The van der Waals surface area contributed by atoms with Crippen LogP contribution >= 0.6 is 0 Å². The van der Waals surface area contributed by atoms with Crippen molar-refractivity contribution in [3.05, 3.63) is 71.3 Å². The summed E-state index contributed by atoms with van der Waals surface area (Å²) in [6.45, 7) is 6.39. The highest BCUT2D eigenvalue weighted by molar-refractivity contribution is 5.78. The second-order valence-electron chi connectivity index (χ2n) is 6.13. The molecule has 0 aliphatic rings. The summed E-state index contributed by atoms with van der Waals surface area (Å²) in [7, 11) is 0. The topological polar surface area (TPSA) is 58.4 Å². The lowest BCUT2D eigenvalue weighted by Gasteiger charge is -2.23. The Hall–Kier alpha value is -2.17. The van der Waals surface area contributed by atoms with Gasteiger partial charge in [0.05, 0.1) is 12.6 Å². The Kier molecular flexibility index (Phi) is 6.97. The molecular weight excluding hydrogens is 298 g/mol. The Balaban J connectivity index is 1.94.